The number of allylic oxidation sites excluding steroid dienone is 1. The predicted octanol–water partition coefficient (Wildman–Crippen LogP) is 1.14. The molecule has 0 fully saturated rings. The molecule has 92 valence electrons. The highest BCUT2D eigenvalue weighted by Crippen LogP contribution is 2.38. The highest BCUT2D eigenvalue weighted by atomic mass is 32.2. The van der Waals surface area contributed by atoms with Crippen LogP contribution in [0.3, 0.4) is 0 Å². The molecular weight excluding hydrogens is 236 g/mol. The number of hydrogen-bond acceptors (Lipinski definition) is 5. The van der Waals surface area contributed by atoms with Crippen molar-refractivity contribution < 1.29 is 5.11 Å². The van der Waals surface area contributed by atoms with E-state index in [1.807, 2.05) is 18.2 Å². The average Bonchev–Trinajstić information content (AvgIpc) is 2.80. The summed E-state index contributed by atoms with van der Waals surface area (Å²) in [6.45, 7) is 0. The van der Waals surface area contributed by atoms with Crippen LogP contribution in [0, 0.1) is 0 Å². The van der Waals surface area contributed by atoms with E-state index in [0.717, 1.165) is 24.8 Å². The van der Waals surface area contributed by atoms with Crippen molar-refractivity contribution in [3.63, 3.8) is 0 Å². The molecule has 0 saturated heterocycles. The van der Waals surface area contributed by atoms with Gasteiger partial charge in [0.25, 0.3) is 0 Å². The van der Waals surface area contributed by atoms with E-state index in [1.54, 1.807) is 0 Å². The lowest BCUT2D eigenvalue weighted by atomic mass is 9.93. The monoisotopic (exact) mass is 251 g/mol. The zero-order valence-electron chi connectivity index (χ0n) is 10.0. The highest BCUT2D eigenvalue weighted by Gasteiger charge is 2.29. The summed E-state index contributed by atoms with van der Waals surface area (Å²) < 4.78 is 1.52. The molecule has 1 aliphatic carbocycles. The van der Waals surface area contributed by atoms with Gasteiger partial charge >= 0.3 is 0 Å². The van der Waals surface area contributed by atoms with Gasteiger partial charge in [-0.15, -0.1) is 5.10 Å². The molecule has 0 N–H and O–H groups in total. The Balaban J connectivity index is 2.09. The Labute approximate surface area is 105 Å². The molecule has 0 spiro atoms. The number of rotatable bonds is 1. The maximum atomic E-state index is 12.4. The van der Waals surface area contributed by atoms with Crippen LogP contribution in [0.2, 0.25) is 0 Å². The molecule has 1 unspecified atom stereocenters. The summed E-state index contributed by atoms with van der Waals surface area (Å²) >= 11 is 1.47. The number of aromatic nitrogens is 3. The van der Waals surface area contributed by atoms with Gasteiger partial charge in [-0.1, -0.05) is 11.8 Å². The number of hydrogen-bond donors (Lipinski definition) is 0. The van der Waals surface area contributed by atoms with E-state index in [9.17, 15) is 5.11 Å². The van der Waals surface area contributed by atoms with Crippen molar-refractivity contribution in [1.82, 2.24) is 14.8 Å². The first-order valence-corrected chi connectivity index (χ1v) is 7.07. The van der Waals surface area contributed by atoms with Gasteiger partial charge in [0.2, 0.25) is 11.1 Å². The molecule has 6 heteroatoms. The molecule has 1 aromatic heterocycles. The zero-order chi connectivity index (χ0) is 12.0. The third-order valence-corrected chi connectivity index (χ3v) is 4.02. The topological polar surface area (TPSA) is 57.0 Å². The Morgan fingerprint density at radius 1 is 1.35 bits per heavy atom. The molecule has 3 rings (SSSR count). The second-order valence-electron chi connectivity index (χ2n) is 4.43. The first kappa shape index (κ1) is 11.1. The van der Waals surface area contributed by atoms with E-state index in [4.69, 9.17) is 0 Å². The minimum Gasteiger partial charge on any atom is -0.831 e. The van der Waals surface area contributed by atoms with Crippen LogP contribution in [0.15, 0.2) is 16.4 Å². The molecule has 17 heavy (non-hydrogen) atoms. The minimum absolute atomic E-state index is 0.674. The third kappa shape index (κ3) is 1.58. The molecular formula is C11H15N4OS-. The van der Waals surface area contributed by atoms with Crippen LogP contribution >= 0.6 is 11.8 Å². The molecule has 1 aromatic rings. The van der Waals surface area contributed by atoms with Crippen molar-refractivity contribution >= 4 is 17.7 Å². The molecule has 1 atom stereocenters. The highest BCUT2D eigenvalue weighted by molar-refractivity contribution is 7.98. The second kappa shape index (κ2) is 4.03. The van der Waals surface area contributed by atoms with Crippen molar-refractivity contribution in [3.05, 3.63) is 11.3 Å². The van der Waals surface area contributed by atoms with Crippen LogP contribution in [-0.4, -0.2) is 28.1 Å². The van der Waals surface area contributed by atoms with Gasteiger partial charge in [-0.25, -0.2) is 4.68 Å². The normalized spacial score (nSPS) is 23.7. The summed E-state index contributed by atoms with van der Waals surface area (Å²) in [5, 5.41) is 17.3. The fraction of sp³-hybridized carbons (Fsp3) is 0.636. The second-order valence-corrected chi connectivity index (χ2v) is 5.21. The van der Waals surface area contributed by atoms with E-state index in [2.05, 4.69) is 10.1 Å². The van der Waals surface area contributed by atoms with Gasteiger partial charge in [-0.05, 0) is 37.5 Å². The largest absolute Gasteiger partial charge is 0.831 e. The lowest BCUT2D eigenvalue weighted by Gasteiger charge is -2.40. The molecule has 5 nitrogen and oxygen atoms in total. The lowest BCUT2D eigenvalue weighted by molar-refractivity contribution is -0.440. The number of nitrogens with zero attached hydrogens (tertiary/aromatic N) is 4. The number of thioether (sulfide) groups is 1. The van der Waals surface area contributed by atoms with E-state index >= 15 is 0 Å². The Morgan fingerprint density at radius 2 is 2.12 bits per heavy atom. The summed E-state index contributed by atoms with van der Waals surface area (Å²) in [7, 11) is 1.98. The molecule has 2 aliphatic rings. The maximum Gasteiger partial charge on any atom is 0.228 e. The average molecular weight is 251 g/mol. The first-order chi connectivity index (χ1) is 8.22. The minimum atomic E-state index is -0.870. The van der Waals surface area contributed by atoms with Gasteiger partial charge in [0.05, 0.1) is 0 Å². The van der Waals surface area contributed by atoms with E-state index in [1.165, 1.54) is 28.6 Å². The lowest BCUT2D eigenvalue weighted by Crippen LogP contribution is -2.38. The van der Waals surface area contributed by atoms with Crippen molar-refractivity contribution in [2.45, 2.75) is 37.1 Å². The van der Waals surface area contributed by atoms with Gasteiger partial charge in [-0.3, -0.25) is 0 Å². The Kier molecular flexibility index (Phi) is 2.63. The molecule has 1 aliphatic heterocycles. The van der Waals surface area contributed by atoms with Crippen LogP contribution in [0.4, 0.5) is 5.95 Å². The van der Waals surface area contributed by atoms with Crippen LogP contribution in [0.1, 0.15) is 31.9 Å². The first-order valence-electron chi connectivity index (χ1n) is 5.84. The van der Waals surface area contributed by atoms with Gasteiger partial charge < -0.3 is 10.0 Å². The van der Waals surface area contributed by atoms with Crippen molar-refractivity contribution in [2.75, 3.05) is 18.2 Å². The molecule has 2 heterocycles. The summed E-state index contributed by atoms with van der Waals surface area (Å²) in [6.07, 6.45) is 5.23. The Bertz CT molecular complexity index is 442. The fourth-order valence-corrected chi connectivity index (χ4v) is 2.94. The standard InChI is InChI=1S/C11H15N4OS/c1-14-8-6-4-3-5-7(8)9(16)15-11(14)12-10(13-15)17-2/h9H,3-6H2,1-2H3/q-1. The predicted molar refractivity (Wildman–Crippen MR) is 64.7 cm³/mol. The smallest absolute Gasteiger partial charge is 0.228 e. The quantitative estimate of drug-likeness (QED) is 0.700. The maximum absolute atomic E-state index is 12.4. The molecule has 0 aromatic carbocycles. The van der Waals surface area contributed by atoms with Gasteiger partial charge in [0.15, 0.2) is 0 Å². The van der Waals surface area contributed by atoms with Gasteiger partial charge in [0, 0.05) is 19.0 Å². The number of fused-ring (bicyclic) bond motifs is 1. The Hall–Kier alpha value is -1.01. The fourth-order valence-electron chi connectivity index (χ4n) is 2.60. The van der Waals surface area contributed by atoms with Crippen LogP contribution in [0.5, 0.6) is 0 Å². The number of anilines is 1. The van der Waals surface area contributed by atoms with Crippen LogP contribution in [-0.2, 0) is 0 Å². The zero-order valence-corrected chi connectivity index (χ0v) is 10.8. The summed E-state index contributed by atoms with van der Waals surface area (Å²) in [5.74, 6) is 0.690. The Morgan fingerprint density at radius 3 is 2.88 bits per heavy atom. The molecule has 0 amide bonds. The molecule has 0 radical (unpaired) electrons. The van der Waals surface area contributed by atoms with Crippen LogP contribution in [0.25, 0.3) is 0 Å². The van der Waals surface area contributed by atoms with Crippen molar-refractivity contribution in [3.8, 4) is 0 Å². The van der Waals surface area contributed by atoms with Gasteiger partial charge in [-0.2, -0.15) is 4.98 Å². The van der Waals surface area contributed by atoms with Gasteiger partial charge in [0.1, 0.15) is 0 Å². The van der Waals surface area contributed by atoms with E-state index < -0.39 is 6.23 Å². The van der Waals surface area contributed by atoms with E-state index in [-0.39, 0.29) is 0 Å². The SMILES string of the molecule is CSc1nc2n(n1)C([O-])C1=C(CCCC1)N2C. The van der Waals surface area contributed by atoms with Crippen LogP contribution < -0.4 is 10.0 Å². The summed E-state index contributed by atoms with van der Waals surface area (Å²) in [5.41, 5.74) is 2.17. The van der Waals surface area contributed by atoms with E-state index in [0.29, 0.717) is 11.1 Å². The van der Waals surface area contributed by atoms with Crippen molar-refractivity contribution in [1.29, 1.82) is 0 Å². The third-order valence-electron chi connectivity index (χ3n) is 3.48. The molecule has 0 bridgehead atoms. The summed E-state index contributed by atoms with van der Waals surface area (Å²) in [4.78, 5) is 6.44. The van der Waals surface area contributed by atoms with Crippen molar-refractivity contribution in [2.24, 2.45) is 0 Å². The summed E-state index contributed by atoms with van der Waals surface area (Å²) in [6, 6.07) is 0. The molecule has 0 saturated carbocycles.